The third-order valence-electron chi connectivity index (χ3n) is 3.36. The van der Waals surface area contributed by atoms with Crippen molar-refractivity contribution in [3.63, 3.8) is 0 Å². The molecular weight excluding hydrogens is 242 g/mol. The van der Waals surface area contributed by atoms with Crippen LogP contribution in [-0.2, 0) is 6.42 Å². The molecule has 0 amide bonds. The van der Waals surface area contributed by atoms with Gasteiger partial charge in [-0.15, -0.1) is 11.3 Å². The van der Waals surface area contributed by atoms with E-state index in [-0.39, 0.29) is 0 Å². The molecule has 0 spiro atoms. The molecule has 3 rings (SSSR count). The number of rotatable bonds is 3. The molecule has 0 aromatic carbocycles. The first-order valence-corrected chi connectivity index (χ1v) is 7.38. The number of thiazole rings is 1. The van der Waals surface area contributed by atoms with Crippen LogP contribution >= 0.6 is 11.3 Å². The van der Waals surface area contributed by atoms with Crippen molar-refractivity contribution in [3.8, 4) is 11.3 Å². The third kappa shape index (κ3) is 2.76. The zero-order valence-corrected chi connectivity index (χ0v) is 11.1. The van der Waals surface area contributed by atoms with E-state index in [0.29, 0.717) is 6.04 Å². The summed E-state index contributed by atoms with van der Waals surface area (Å²) in [5.74, 6) is 0. The minimum Gasteiger partial charge on any atom is -0.314 e. The fourth-order valence-corrected chi connectivity index (χ4v) is 3.25. The zero-order valence-electron chi connectivity index (χ0n) is 10.3. The predicted octanol–water partition coefficient (Wildman–Crippen LogP) is 2.89. The highest BCUT2D eigenvalue weighted by molar-refractivity contribution is 7.09. The van der Waals surface area contributed by atoms with E-state index in [1.165, 1.54) is 24.3 Å². The van der Waals surface area contributed by atoms with Gasteiger partial charge in [0.15, 0.2) is 0 Å². The molecule has 3 heterocycles. The number of hydrogen-bond donors (Lipinski definition) is 1. The molecule has 1 N–H and O–H groups in total. The van der Waals surface area contributed by atoms with E-state index in [0.717, 1.165) is 24.2 Å². The molecule has 18 heavy (non-hydrogen) atoms. The van der Waals surface area contributed by atoms with Crippen molar-refractivity contribution in [1.82, 2.24) is 15.3 Å². The molecule has 1 saturated heterocycles. The first-order chi connectivity index (χ1) is 8.92. The van der Waals surface area contributed by atoms with E-state index < -0.39 is 0 Å². The van der Waals surface area contributed by atoms with Crippen LogP contribution in [0.5, 0.6) is 0 Å². The maximum Gasteiger partial charge on any atom is 0.0948 e. The summed E-state index contributed by atoms with van der Waals surface area (Å²) < 4.78 is 0. The molecule has 1 fully saturated rings. The van der Waals surface area contributed by atoms with E-state index in [9.17, 15) is 0 Å². The van der Waals surface area contributed by atoms with Gasteiger partial charge in [-0.2, -0.15) is 0 Å². The van der Waals surface area contributed by atoms with Crippen LogP contribution in [0, 0.1) is 0 Å². The fraction of sp³-hybridized carbons (Fsp3) is 0.429. The normalized spacial score (nSPS) is 19.9. The molecule has 1 atom stereocenters. The Morgan fingerprint density at radius 3 is 2.94 bits per heavy atom. The van der Waals surface area contributed by atoms with Crippen LogP contribution in [-0.4, -0.2) is 22.6 Å². The Hall–Kier alpha value is -1.26. The molecule has 1 unspecified atom stereocenters. The molecule has 1 aliphatic heterocycles. The van der Waals surface area contributed by atoms with E-state index in [1.54, 1.807) is 11.3 Å². The summed E-state index contributed by atoms with van der Waals surface area (Å²) in [5.41, 5.74) is 2.23. The van der Waals surface area contributed by atoms with E-state index in [4.69, 9.17) is 4.98 Å². The summed E-state index contributed by atoms with van der Waals surface area (Å²) in [6.45, 7) is 1.16. The summed E-state index contributed by atoms with van der Waals surface area (Å²) in [5, 5.41) is 6.96. The van der Waals surface area contributed by atoms with Gasteiger partial charge in [0.1, 0.15) is 0 Å². The largest absolute Gasteiger partial charge is 0.314 e. The van der Waals surface area contributed by atoms with Crippen LogP contribution in [0.25, 0.3) is 11.3 Å². The topological polar surface area (TPSA) is 37.8 Å². The van der Waals surface area contributed by atoms with Crippen molar-refractivity contribution < 1.29 is 0 Å². The minimum atomic E-state index is 0.621. The second kappa shape index (κ2) is 5.59. The van der Waals surface area contributed by atoms with Crippen LogP contribution in [0.2, 0.25) is 0 Å². The standard InChI is InChI=1S/C14H17N3S/c1-2-6-16-12(3-1)9-14-17-13(10-18-14)11-4-7-15-8-5-11/h4-5,7-8,10,12,16H,1-3,6,9H2. The second-order valence-electron chi connectivity index (χ2n) is 4.71. The maximum atomic E-state index is 4.73. The highest BCUT2D eigenvalue weighted by atomic mass is 32.1. The number of piperidine rings is 1. The minimum absolute atomic E-state index is 0.621. The average molecular weight is 259 g/mol. The summed E-state index contributed by atoms with van der Waals surface area (Å²) in [4.78, 5) is 8.76. The van der Waals surface area contributed by atoms with E-state index in [2.05, 4.69) is 15.7 Å². The van der Waals surface area contributed by atoms with Crippen LogP contribution in [0.15, 0.2) is 29.9 Å². The first-order valence-electron chi connectivity index (χ1n) is 6.50. The maximum absolute atomic E-state index is 4.73. The summed E-state index contributed by atoms with van der Waals surface area (Å²) in [6.07, 6.45) is 8.64. The Bertz CT molecular complexity index is 489. The lowest BCUT2D eigenvalue weighted by atomic mass is 10.0. The van der Waals surface area contributed by atoms with Crippen molar-refractivity contribution >= 4 is 11.3 Å². The number of nitrogens with one attached hydrogen (secondary N) is 1. The van der Waals surface area contributed by atoms with Gasteiger partial charge in [0.05, 0.1) is 10.7 Å². The predicted molar refractivity (Wildman–Crippen MR) is 74.7 cm³/mol. The number of pyridine rings is 1. The quantitative estimate of drug-likeness (QED) is 0.921. The van der Waals surface area contributed by atoms with Crippen molar-refractivity contribution in [2.75, 3.05) is 6.54 Å². The van der Waals surface area contributed by atoms with Crippen LogP contribution in [0.4, 0.5) is 0 Å². The molecule has 2 aromatic rings. The zero-order chi connectivity index (χ0) is 12.2. The first kappa shape index (κ1) is 11.8. The van der Waals surface area contributed by atoms with Crippen LogP contribution in [0.3, 0.4) is 0 Å². The van der Waals surface area contributed by atoms with Crippen molar-refractivity contribution in [2.24, 2.45) is 0 Å². The Balaban J connectivity index is 1.69. The molecule has 0 bridgehead atoms. The van der Waals surface area contributed by atoms with Crippen molar-refractivity contribution in [2.45, 2.75) is 31.7 Å². The molecule has 0 aliphatic carbocycles. The van der Waals surface area contributed by atoms with Gasteiger partial charge in [-0.05, 0) is 31.5 Å². The lowest BCUT2D eigenvalue weighted by molar-refractivity contribution is 0.399. The molecule has 0 saturated carbocycles. The SMILES string of the molecule is c1cc(-c2csc(CC3CCCCN3)n2)ccn1. The number of aromatic nitrogens is 2. The smallest absolute Gasteiger partial charge is 0.0948 e. The van der Waals surface area contributed by atoms with Crippen LogP contribution < -0.4 is 5.32 Å². The molecular formula is C14H17N3S. The van der Waals surface area contributed by atoms with Gasteiger partial charge in [-0.25, -0.2) is 4.98 Å². The Morgan fingerprint density at radius 1 is 1.28 bits per heavy atom. The van der Waals surface area contributed by atoms with Gasteiger partial charge < -0.3 is 5.32 Å². The third-order valence-corrected chi connectivity index (χ3v) is 4.23. The summed E-state index contributed by atoms with van der Waals surface area (Å²) in [6, 6.07) is 4.64. The lowest BCUT2D eigenvalue weighted by Crippen LogP contribution is -2.35. The monoisotopic (exact) mass is 259 g/mol. The molecule has 3 nitrogen and oxygen atoms in total. The second-order valence-corrected chi connectivity index (χ2v) is 5.66. The van der Waals surface area contributed by atoms with E-state index in [1.807, 2.05) is 24.5 Å². The molecule has 1 aliphatic rings. The van der Waals surface area contributed by atoms with Gasteiger partial charge in [0, 0.05) is 35.8 Å². The van der Waals surface area contributed by atoms with Gasteiger partial charge >= 0.3 is 0 Å². The van der Waals surface area contributed by atoms with Gasteiger partial charge in [0.2, 0.25) is 0 Å². The molecule has 0 radical (unpaired) electrons. The molecule has 94 valence electrons. The van der Waals surface area contributed by atoms with E-state index >= 15 is 0 Å². The van der Waals surface area contributed by atoms with Crippen molar-refractivity contribution in [3.05, 3.63) is 34.9 Å². The van der Waals surface area contributed by atoms with Gasteiger partial charge in [0.25, 0.3) is 0 Å². The molecule has 2 aromatic heterocycles. The Labute approximate surface area is 111 Å². The fourth-order valence-electron chi connectivity index (χ4n) is 2.37. The molecule has 4 heteroatoms. The Kier molecular flexibility index (Phi) is 3.67. The van der Waals surface area contributed by atoms with Crippen molar-refractivity contribution in [1.29, 1.82) is 0 Å². The highest BCUT2D eigenvalue weighted by Gasteiger charge is 2.15. The average Bonchev–Trinajstić information content (AvgIpc) is 2.89. The van der Waals surface area contributed by atoms with Crippen LogP contribution in [0.1, 0.15) is 24.3 Å². The Morgan fingerprint density at radius 2 is 2.17 bits per heavy atom. The highest BCUT2D eigenvalue weighted by Crippen LogP contribution is 2.23. The summed E-state index contributed by atoms with van der Waals surface area (Å²) in [7, 11) is 0. The number of hydrogen-bond acceptors (Lipinski definition) is 4. The lowest BCUT2D eigenvalue weighted by Gasteiger charge is -2.22. The number of nitrogens with zero attached hydrogens (tertiary/aromatic N) is 2. The van der Waals surface area contributed by atoms with Gasteiger partial charge in [-0.1, -0.05) is 6.42 Å². The van der Waals surface area contributed by atoms with Gasteiger partial charge in [-0.3, -0.25) is 4.98 Å². The summed E-state index contributed by atoms with van der Waals surface area (Å²) >= 11 is 1.77.